The highest BCUT2D eigenvalue weighted by Gasteiger charge is 2.29. The fourth-order valence-electron chi connectivity index (χ4n) is 3.14. The van der Waals surface area contributed by atoms with Crippen LogP contribution in [0.2, 0.25) is 0 Å². The molecule has 1 aliphatic heterocycles. The van der Waals surface area contributed by atoms with Gasteiger partial charge in [-0.25, -0.2) is 0 Å². The summed E-state index contributed by atoms with van der Waals surface area (Å²) in [6.45, 7) is 4.86. The van der Waals surface area contributed by atoms with Crippen molar-refractivity contribution in [3.63, 3.8) is 0 Å². The molecule has 0 bridgehead atoms. The van der Waals surface area contributed by atoms with Gasteiger partial charge in [0.05, 0.1) is 0 Å². The summed E-state index contributed by atoms with van der Waals surface area (Å²) in [5.74, 6) is 2.40. The van der Waals surface area contributed by atoms with E-state index in [4.69, 9.17) is 5.73 Å². The van der Waals surface area contributed by atoms with Crippen molar-refractivity contribution in [1.29, 1.82) is 0 Å². The minimum Gasteiger partial charge on any atom is -0.342 e. The van der Waals surface area contributed by atoms with Crippen molar-refractivity contribution in [2.75, 3.05) is 19.6 Å². The molecule has 0 aromatic rings. The van der Waals surface area contributed by atoms with Gasteiger partial charge in [0.25, 0.3) is 0 Å². The molecule has 2 N–H and O–H groups in total. The monoisotopic (exact) mass is 260 g/mol. The van der Waals surface area contributed by atoms with Gasteiger partial charge in [0.2, 0.25) is 5.91 Å². The Morgan fingerprint density at radius 3 is 2.59 bits per heavy atom. The molecule has 0 aromatic carbocycles. The van der Waals surface area contributed by atoms with Crippen molar-refractivity contribution in [1.82, 2.24) is 4.90 Å². The van der Waals surface area contributed by atoms with Crippen LogP contribution in [0, 0.1) is 17.8 Å². The van der Waals surface area contributed by atoms with Crippen molar-refractivity contribution >= 4 is 18.3 Å². The number of nitrogens with zero attached hydrogens (tertiary/aromatic N) is 1. The van der Waals surface area contributed by atoms with Crippen LogP contribution in [0.4, 0.5) is 0 Å². The molecule has 17 heavy (non-hydrogen) atoms. The highest BCUT2D eigenvalue weighted by molar-refractivity contribution is 5.85. The lowest BCUT2D eigenvalue weighted by molar-refractivity contribution is -0.131. The molecular formula is C13H25ClN2O. The molecule has 1 aliphatic carbocycles. The zero-order chi connectivity index (χ0) is 11.5. The SMILES string of the molecule is CC1CCC(CC(=O)N2CCC(CN)C2)C1.Cl. The third-order valence-electron chi connectivity index (χ3n) is 4.24. The number of amides is 1. The number of rotatable bonds is 3. The van der Waals surface area contributed by atoms with Crippen LogP contribution >= 0.6 is 12.4 Å². The van der Waals surface area contributed by atoms with Gasteiger partial charge in [-0.2, -0.15) is 0 Å². The minimum absolute atomic E-state index is 0. The van der Waals surface area contributed by atoms with E-state index in [0.29, 0.717) is 17.7 Å². The fraction of sp³-hybridized carbons (Fsp3) is 0.923. The Balaban J connectivity index is 0.00000144. The van der Waals surface area contributed by atoms with Crippen LogP contribution in [0.3, 0.4) is 0 Å². The molecule has 0 radical (unpaired) electrons. The van der Waals surface area contributed by atoms with E-state index in [1.54, 1.807) is 0 Å². The first-order valence-corrected chi connectivity index (χ1v) is 6.67. The van der Waals surface area contributed by atoms with Crippen molar-refractivity contribution in [2.24, 2.45) is 23.5 Å². The number of hydrogen-bond donors (Lipinski definition) is 1. The summed E-state index contributed by atoms with van der Waals surface area (Å²) in [6.07, 6.45) is 5.69. The molecule has 0 aromatic heterocycles. The molecule has 0 spiro atoms. The van der Waals surface area contributed by atoms with Crippen LogP contribution in [0.15, 0.2) is 0 Å². The van der Waals surface area contributed by atoms with Crippen LogP contribution < -0.4 is 5.73 Å². The average molecular weight is 261 g/mol. The molecule has 1 saturated carbocycles. The Bertz CT molecular complexity index is 260. The Hall–Kier alpha value is -0.280. The predicted molar refractivity (Wildman–Crippen MR) is 72.1 cm³/mol. The Morgan fingerprint density at radius 2 is 2.06 bits per heavy atom. The van der Waals surface area contributed by atoms with Crippen molar-refractivity contribution in [2.45, 2.75) is 39.0 Å². The highest BCUT2D eigenvalue weighted by atomic mass is 35.5. The number of likely N-dealkylation sites (tertiary alicyclic amines) is 1. The van der Waals surface area contributed by atoms with Gasteiger partial charge < -0.3 is 10.6 Å². The molecule has 1 saturated heterocycles. The molecule has 3 nitrogen and oxygen atoms in total. The number of carbonyl (C=O) groups excluding carboxylic acids is 1. The maximum absolute atomic E-state index is 12.1. The van der Waals surface area contributed by atoms with Gasteiger partial charge in [-0.3, -0.25) is 4.79 Å². The molecule has 2 rings (SSSR count). The maximum Gasteiger partial charge on any atom is 0.222 e. The molecule has 4 heteroatoms. The van der Waals surface area contributed by atoms with Gasteiger partial charge in [0, 0.05) is 19.5 Å². The Kier molecular flexibility index (Phi) is 5.74. The van der Waals surface area contributed by atoms with E-state index in [1.807, 2.05) is 4.90 Å². The van der Waals surface area contributed by atoms with E-state index in [1.165, 1.54) is 19.3 Å². The predicted octanol–water partition coefficient (Wildman–Crippen LogP) is 2.04. The summed E-state index contributed by atoms with van der Waals surface area (Å²) in [7, 11) is 0. The van der Waals surface area contributed by atoms with E-state index in [9.17, 15) is 4.79 Å². The molecule has 100 valence electrons. The van der Waals surface area contributed by atoms with Gasteiger partial charge in [0.1, 0.15) is 0 Å². The summed E-state index contributed by atoms with van der Waals surface area (Å²) in [5.41, 5.74) is 5.64. The summed E-state index contributed by atoms with van der Waals surface area (Å²) >= 11 is 0. The van der Waals surface area contributed by atoms with Crippen LogP contribution in [-0.4, -0.2) is 30.4 Å². The highest BCUT2D eigenvalue weighted by Crippen LogP contribution is 2.33. The normalized spacial score (nSPS) is 32.6. The van der Waals surface area contributed by atoms with E-state index in [2.05, 4.69) is 6.92 Å². The second-order valence-corrected chi connectivity index (χ2v) is 5.72. The lowest BCUT2D eigenvalue weighted by atomic mass is 10.0. The van der Waals surface area contributed by atoms with Crippen molar-refractivity contribution < 1.29 is 4.79 Å². The third-order valence-corrected chi connectivity index (χ3v) is 4.24. The van der Waals surface area contributed by atoms with E-state index >= 15 is 0 Å². The second kappa shape index (κ2) is 6.60. The summed E-state index contributed by atoms with van der Waals surface area (Å²) in [6, 6.07) is 0. The molecule has 2 aliphatic rings. The summed E-state index contributed by atoms with van der Waals surface area (Å²) in [4.78, 5) is 14.1. The zero-order valence-electron chi connectivity index (χ0n) is 10.7. The van der Waals surface area contributed by atoms with Gasteiger partial charge >= 0.3 is 0 Å². The quantitative estimate of drug-likeness (QED) is 0.844. The maximum atomic E-state index is 12.1. The number of carbonyl (C=O) groups is 1. The molecule has 2 fully saturated rings. The first-order chi connectivity index (χ1) is 7.69. The Morgan fingerprint density at radius 1 is 1.29 bits per heavy atom. The van der Waals surface area contributed by atoms with Crippen LogP contribution in [0.1, 0.15) is 39.0 Å². The van der Waals surface area contributed by atoms with Crippen molar-refractivity contribution in [3.8, 4) is 0 Å². The third kappa shape index (κ3) is 3.85. The lowest BCUT2D eigenvalue weighted by Gasteiger charge is -2.18. The number of hydrogen-bond acceptors (Lipinski definition) is 2. The molecule has 1 heterocycles. The minimum atomic E-state index is 0. The molecular weight excluding hydrogens is 236 g/mol. The van der Waals surface area contributed by atoms with E-state index < -0.39 is 0 Å². The van der Waals surface area contributed by atoms with Gasteiger partial charge in [-0.15, -0.1) is 12.4 Å². The number of nitrogens with two attached hydrogens (primary N) is 1. The average Bonchev–Trinajstić information content (AvgIpc) is 2.87. The Labute approximate surface area is 111 Å². The lowest BCUT2D eigenvalue weighted by Crippen LogP contribution is -2.30. The smallest absolute Gasteiger partial charge is 0.222 e. The number of halogens is 1. The van der Waals surface area contributed by atoms with Gasteiger partial charge in [-0.05, 0) is 43.6 Å². The standard InChI is InChI=1S/C13H24N2O.ClH/c1-10-2-3-11(6-10)7-13(16)15-5-4-12(8-14)9-15;/h10-12H,2-9,14H2,1H3;1H. The topological polar surface area (TPSA) is 46.3 Å². The van der Waals surface area contributed by atoms with E-state index in [0.717, 1.165) is 38.4 Å². The van der Waals surface area contributed by atoms with Crippen LogP contribution in [-0.2, 0) is 4.79 Å². The second-order valence-electron chi connectivity index (χ2n) is 5.72. The summed E-state index contributed by atoms with van der Waals surface area (Å²) in [5, 5.41) is 0. The molecule has 3 unspecified atom stereocenters. The van der Waals surface area contributed by atoms with Crippen LogP contribution in [0.25, 0.3) is 0 Å². The molecule has 3 atom stereocenters. The first kappa shape index (κ1) is 14.8. The van der Waals surface area contributed by atoms with Gasteiger partial charge in [-0.1, -0.05) is 13.3 Å². The van der Waals surface area contributed by atoms with Crippen molar-refractivity contribution in [3.05, 3.63) is 0 Å². The largest absolute Gasteiger partial charge is 0.342 e. The zero-order valence-corrected chi connectivity index (χ0v) is 11.5. The van der Waals surface area contributed by atoms with Crippen LogP contribution in [0.5, 0.6) is 0 Å². The van der Waals surface area contributed by atoms with E-state index in [-0.39, 0.29) is 12.4 Å². The summed E-state index contributed by atoms with van der Waals surface area (Å²) < 4.78 is 0. The van der Waals surface area contributed by atoms with Gasteiger partial charge in [0.15, 0.2) is 0 Å². The first-order valence-electron chi connectivity index (χ1n) is 6.67. The molecule has 1 amide bonds. The fourth-order valence-corrected chi connectivity index (χ4v) is 3.14.